The van der Waals surface area contributed by atoms with Crippen molar-refractivity contribution >= 4 is 17.6 Å². The Balaban J connectivity index is 0.000000151. The summed E-state index contributed by atoms with van der Waals surface area (Å²) >= 11 is 0. The molecule has 220 valence electrons. The molecule has 4 heterocycles. The van der Waals surface area contributed by atoms with E-state index in [4.69, 9.17) is 19.9 Å². The molecule has 12 heteroatoms. The lowest BCUT2D eigenvalue weighted by atomic mass is 10.0. The number of nitrogens with two attached hydrogens (primary N) is 1. The van der Waals surface area contributed by atoms with Gasteiger partial charge in [0.25, 0.3) is 0 Å². The number of aromatic nitrogens is 1. The molecule has 4 aliphatic rings. The third-order valence-corrected chi connectivity index (χ3v) is 7.69. The van der Waals surface area contributed by atoms with Crippen molar-refractivity contribution in [3.63, 3.8) is 0 Å². The predicted molar refractivity (Wildman–Crippen MR) is 146 cm³/mol. The van der Waals surface area contributed by atoms with Gasteiger partial charge < -0.3 is 25.3 Å². The Kier molecular flexibility index (Phi) is 7.50. The average Bonchev–Trinajstić information content (AvgIpc) is 3.65. The fourth-order valence-corrected chi connectivity index (χ4v) is 5.39. The molecule has 1 aromatic heterocycles. The Labute approximate surface area is 239 Å². The van der Waals surface area contributed by atoms with Gasteiger partial charge in [0.15, 0.2) is 0 Å². The maximum absolute atomic E-state index is 13.1. The van der Waals surface area contributed by atoms with Gasteiger partial charge in [0, 0.05) is 54.9 Å². The number of rotatable bonds is 5. The van der Waals surface area contributed by atoms with Gasteiger partial charge in [-0.15, -0.1) is 0 Å². The van der Waals surface area contributed by atoms with Crippen molar-refractivity contribution < 1.29 is 37.0 Å². The topological polar surface area (TPSA) is 116 Å². The van der Waals surface area contributed by atoms with Crippen LogP contribution >= 0.6 is 0 Å². The summed E-state index contributed by atoms with van der Waals surface area (Å²) in [5.41, 5.74) is 6.44. The zero-order valence-electron chi connectivity index (χ0n) is 22.6. The number of nitrogens with zero attached hydrogens (tertiary/aromatic N) is 2. The lowest BCUT2D eigenvalue weighted by molar-refractivity contribution is -0.138. The number of benzene rings is 2. The van der Waals surface area contributed by atoms with Crippen LogP contribution in [-0.4, -0.2) is 54.1 Å². The molecule has 0 radical (unpaired) electrons. The van der Waals surface area contributed by atoms with E-state index in [1.54, 1.807) is 6.20 Å². The van der Waals surface area contributed by atoms with Crippen LogP contribution in [0.5, 0.6) is 17.2 Å². The van der Waals surface area contributed by atoms with Crippen LogP contribution in [0.25, 0.3) is 0 Å². The summed E-state index contributed by atoms with van der Waals surface area (Å²) in [4.78, 5) is 28.6. The molecule has 0 spiro atoms. The van der Waals surface area contributed by atoms with Crippen LogP contribution in [0.3, 0.4) is 0 Å². The van der Waals surface area contributed by atoms with Crippen LogP contribution in [0.4, 0.5) is 19.0 Å². The van der Waals surface area contributed by atoms with Crippen molar-refractivity contribution in [2.45, 2.75) is 44.0 Å². The fraction of sp³-hybridized carbons (Fsp3) is 0.367. The Morgan fingerprint density at radius 3 is 2.69 bits per heavy atom. The number of carbonyl (C=O) groups is 2. The molecule has 42 heavy (non-hydrogen) atoms. The lowest BCUT2D eigenvalue weighted by Gasteiger charge is -2.27. The molecule has 3 N–H and O–H groups in total. The number of primary amides is 1. The van der Waals surface area contributed by atoms with Crippen LogP contribution in [0.15, 0.2) is 48.7 Å². The third kappa shape index (κ3) is 6.04. The Bertz CT molecular complexity index is 1520. The van der Waals surface area contributed by atoms with Crippen molar-refractivity contribution in [2.24, 2.45) is 5.73 Å². The monoisotopic (exact) mass is 582 g/mol. The maximum atomic E-state index is 13.1. The molecule has 3 aliphatic heterocycles. The maximum Gasteiger partial charge on any atom is 0.416 e. The second-order valence-electron chi connectivity index (χ2n) is 10.6. The largest absolute Gasteiger partial charge is 0.489 e. The Hall–Kier alpha value is -4.16. The molecule has 2 fully saturated rings. The normalized spacial score (nSPS) is 20.6. The highest BCUT2D eigenvalue weighted by Gasteiger charge is 2.48. The van der Waals surface area contributed by atoms with E-state index in [2.05, 4.69) is 16.4 Å². The number of amides is 2. The van der Waals surface area contributed by atoms with E-state index in [9.17, 15) is 22.8 Å². The summed E-state index contributed by atoms with van der Waals surface area (Å²) in [7, 11) is 0. The zero-order chi connectivity index (χ0) is 29.4. The first kappa shape index (κ1) is 28.0. The molecule has 1 saturated heterocycles. The van der Waals surface area contributed by atoms with Gasteiger partial charge in [-0.05, 0) is 54.8 Å². The first-order valence-corrected chi connectivity index (χ1v) is 13.7. The van der Waals surface area contributed by atoms with Gasteiger partial charge in [-0.25, -0.2) is 4.98 Å². The number of fused-ring (bicyclic) bond motifs is 4. The van der Waals surface area contributed by atoms with Crippen molar-refractivity contribution in [1.29, 1.82) is 0 Å². The number of carbonyl (C=O) groups excluding carboxylic acids is 2. The molecule has 2 amide bonds. The first-order chi connectivity index (χ1) is 20.2. The zero-order valence-corrected chi connectivity index (χ0v) is 22.6. The smallest absolute Gasteiger partial charge is 0.416 e. The molecule has 3 aromatic rings. The SMILES string of the molecule is NC(=O)c1ccc(CN2CCOCC2)c(C(F)(F)F)c1.O=C1CCc2c(Oc3ccc4c(c3)C3CC3O4)ccnc2N1. The Morgan fingerprint density at radius 2 is 1.93 bits per heavy atom. The minimum atomic E-state index is -4.51. The summed E-state index contributed by atoms with van der Waals surface area (Å²) in [6, 6.07) is 11.3. The van der Waals surface area contributed by atoms with E-state index >= 15 is 0 Å². The summed E-state index contributed by atoms with van der Waals surface area (Å²) < 4.78 is 56.1. The van der Waals surface area contributed by atoms with Gasteiger partial charge in [0.1, 0.15) is 29.2 Å². The molecular weight excluding hydrogens is 553 g/mol. The van der Waals surface area contributed by atoms with E-state index in [-0.39, 0.29) is 23.6 Å². The predicted octanol–water partition coefficient (Wildman–Crippen LogP) is 4.64. The minimum Gasteiger partial charge on any atom is -0.489 e. The van der Waals surface area contributed by atoms with Crippen molar-refractivity contribution in [3.8, 4) is 17.2 Å². The fourth-order valence-electron chi connectivity index (χ4n) is 5.39. The molecule has 2 atom stereocenters. The van der Waals surface area contributed by atoms with Crippen LogP contribution in [0.1, 0.15) is 51.4 Å². The number of hydrogen-bond acceptors (Lipinski definition) is 7. The quantitative estimate of drug-likeness (QED) is 0.450. The van der Waals surface area contributed by atoms with Gasteiger partial charge in [-0.1, -0.05) is 6.07 Å². The summed E-state index contributed by atoms with van der Waals surface area (Å²) in [6.45, 7) is 2.39. The molecule has 2 unspecified atom stereocenters. The minimum absolute atomic E-state index is 0.00612. The number of pyridine rings is 1. The van der Waals surface area contributed by atoms with Gasteiger partial charge in [-0.3, -0.25) is 14.5 Å². The number of ether oxygens (including phenoxy) is 3. The Morgan fingerprint density at radius 1 is 1.12 bits per heavy atom. The van der Waals surface area contributed by atoms with E-state index in [1.165, 1.54) is 17.7 Å². The molecule has 9 nitrogen and oxygen atoms in total. The highest BCUT2D eigenvalue weighted by molar-refractivity contribution is 5.93. The highest BCUT2D eigenvalue weighted by Crippen LogP contribution is 2.54. The standard InChI is InChI=1S/C17H14N2O3.C13H15F3N2O2/c20-16-4-2-10-14(5-6-18-17(10)19-16)21-9-1-3-13-11(7-9)12-8-15(12)22-13;14-13(15,16)11-7-9(12(17)19)1-2-10(11)8-18-3-5-20-6-4-18/h1,3,5-7,12,15H,2,4,8H2,(H,18,19,20);1-2,7H,3-6,8H2,(H2,17,19). The molecule has 7 rings (SSSR count). The number of hydrogen-bond donors (Lipinski definition) is 2. The van der Waals surface area contributed by atoms with E-state index in [0.29, 0.717) is 57.0 Å². The molecular formula is C30H29F3N4O5. The molecule has 2 aromatic carbocycles. The van der Waals surface area contributed by atoms with Crippen LogP contribution in [0, 0.1) is 0 Å². The first-order valence-electron chi connectivity index (χ1n) is 13.7. The van der Waals surface area contributed by atoms with E-state index in [0.717, 1.165) is 35.3 Å². The van der Waals surface area contributed by atoms with Gasteiger partial charge >= 0.3 is 6.18 Å². The second-order valence-corrected chi connectivity index (χ2v) is 10.6. The number of halogens is 3. The molecule has 1 saturated carbocycles. The number of anilines is 1. The third-order valence-electron chi connectivity index (χ3n) is 7.69. The summed E-state index contributed by atoms with van der Waals surface area (Å²) in [6.07, 6.45) is -0.220. The van der Waals surface area contributed by atoms with E-state index in [1.807, 2.05) is 23.1 Å². The molecule has 0 bridgehead atoms. The van der Waals surface area contributed by atoms with Gasteiger partial charge in [0.2, 0.25) is 11.8 Å². The van der Waals surface area contributed by atoms with Crippen molar-refractivity contribution in [2.75, 3.05) is 31.6 Å². The molecule has 1 aliphatic carbocycles. The number of nitrogens with one attached hydrogen (secondary N) is 1. The average molecular weight is 583 g/mol. The van der Waals surface area contributed by atoms with Crippen LogP contribution in [-0.2, 0) is 28.7 Å². The summed E-state index contributed by atoms with van der Waals surface area (Å²) in [5.74, 6) is 2.85. The van der Waals surface area contributed by atoms with Gasteiger partial charge in [-0.2, -0.15) is 13.2 Å². The van der Waals surface area contributed by atoms with Gasteiger partial charge in [0.05, 0.1) is 18.8 Å². The number of alkyl halides is 3. The van der Waals surface area contributed by atoms with Crippen molar-refractivity contribution in [1.82, 2.24) is 9.88 Å². The number of morpholine rings is 1. The lowest BCUT2D eigenvalue weighted by Crippen LogP contribution is -2.36. The second kappa shape index (κ2) is 11.3. The highest BCUT2D eigenvalue weighted by atomic mass is 19.4. The van der Waals surface area contributed by atoms with E-state index < -0.39 is 17.6 Å². The van der Waals surface area contributed by atoms with Crippen LogP contribution in [0.2, 0.25) is 0 Å². The van der Waals surface area contributed by atoms with Crippen molar-refractivity contribution in [3.05, 3.63) is 76.5 Å². The van der Waals surface area contributed by atoms with Crippen LogP contribution < -0.4 is 20.5 Å². The summed E-state index contributed by atoms with van der Waals surface area (Å²) in [5, 5.41) is 2.79.